The van der Waals surface area contributed by atoms with E-state index in [2.05, 4.69) is 23.1 Å². The van der Waals surface area contributed by atoms with Crippen LogP contribution in [0.1, 0.15) is 61.0 Å². The van der Waals surface area contributed by atoms with E-state index in [9.17, 15) is 9.59 Å². The highest BCUT2D eigenvalue weighted by Crippen LogP contribution is 2.37. The van der Waals surface area contributed by atoms with Crippen LogP contribution in [0.2, 0.25) is 5.02 Å². The van der Waals surface area contributed by atoms with Gasteiger partial charge < -0.3 is 9.80 Å². The predicted molar refractivity (Wildman–Crippen MR) is 137 cm³/mol. The van der Waals surface area contributed by atoms with Crippen molar-refractivity contribution < 1.29 is 9.59 Å². The quantitative estimate of drug-likeness (QED) is 0.642. The molecule has 1 aromatic heterocycles. The van der Waals surface area contributed by atoms with Gasteiger partial charge in [-0.2, -0.15) is 0 Å². The summed E-state index contributed by atoms with van der Waals surface area (Å²) in [6, 6.07) is 10.6. The van der Waals surface area contributed by atoms with Gasteiger partial charge in [0.1, 0.15) is 0 Å². The number of aromatic nitrogens is 1. The number of halogens is 1. The lowest BCUT2D eigenvalue weighted by molar-refractivity contribution is -0.135. The van der Waals surface area contributed by atoms with E-state index in [1.165, 1.54) is 16.7 Å². The third kappa shape index (κ3) is 5.24. The van der Waals surface area contributed by atoms with Crippen LogP contribution in [-0.4, -0.2) is 70.8 Å². The van der Waals surface area contributed by atoms with E-state index >= 15 is 0 Å². The minimum Gasteiger partial charge on any atom is -0.343 e. The average Bonchev–Trinajstić information content (AvgIpc) is 3.05. The number of aryl methyl sites for hydroxylation is 2. The van der Waals surface area contributed by atoms with Crippen molar-refractivity contribution >= 4 is 23.4 Å². The highest BCUT2D eigenvalue weighted by atomic mass is 35.5. The topological polar surface area (TPSA) is 56.8 Å². The number of likely N-dealkylation sites (tertiary alicyclic amines) is 1. The molecule has 0 bridgehead atoms. The van der Waals surface area contributed by atoms with Gasteiger partial charge in [0, 0.05) is 63.3 Å². The van der Waals surface area contributed by atoms with E-state index in [4.69, 9.17) is 16.6 Å². The van der Waals surface area contributed by atoms with Crippen molar-refractivity contribution in [2.24, 2.45) is 5.92 Å². The zero-order valence-corrected chi connectivity index (χ0v) is 21.3. The molecule has 1 aromatic carbocycles. The zero-order valence-electron chi connectivity index (χ0n) is 20.6. The summed E-state index contributed by atoms with van der Waals surface area (Å²) in [6.45, 7) is 6.64. The molecular weight excluding hydrogens is 460 g/mol. The van der Waals surface area contributed by atoms with Crippen LogP contribution in [-0.2, 0) is 22.4 Å². The van der Waals surface area contributed by atoms with Gasteiger partial charge in [0.15, 0.2) is 0 Å². The summed E-state index contributed by atoms with van der Waals surface area (Å²) in [5.74, 6) is 0.872. The first-order valence-corrected chi connectivity index (χ1v) is 13.4. The van der Waals surface area contributed by atoms with E-state index < -0.39 is 0 Å². The molecule has 186 valence electrons. The van der Waals surface area contributed by atoms with Crippen molar-refractivity contribution in [3.8, 4) is 0 Å². The summed E-state index contributed by atoms with van der Waals surface area (Å²) < 4.78 is 0. The van der Waals surface area contributed by atoms with Gasteiger partial charge in [0.2, 0.25) is 11.8 Å². The Morgan fingerprint density at radius 2 is 1.66 bits per heavy atom. The predicted octanol–water partition coefficient (Wildman–Crippen LogP) is 4.11. The van der Waals surface area contributed by atoms with Crippen LogP contribution in [0.3, 0.4) is 0 Å². The number of hydrogen-bond acceptors (Lipinski definition) is 4. The average molecular weight is 495 g/mol. The number of fused-ring (bicyclic) bond motifs is 2. The van der Waals surface area contributed by atoms with Crippen molar-refractivity contribution in [2.45, 2.75) is 51.5 Å². The molecule has 0 radical (unpaired) electrons. The number of piperidine rings is 1. The van der Waals surface area contributed by atoms with Crippen LogP contribution in [0.15, 0.2) is 36.5 Å². The fourth-order valence-corrected chi connectivity index (χ4v) is 6.16. The van der Waals surface area contributed by atoms with E-state index in [0.29, 0.717) is 18.8 Å². The van der Waals surface area contributed by atoms with Crippen molar-refractivity contribution in [1.29, 1.82) is 0 Å². The lowest BCUT2D eigenvalue weighted by atomic mass is 9.92. The Morgan fingerprint density at radius 3 is 2.40 bits per heavy atom. The first kappa shape index (κ1) is 24.3. The fraction of sp³-hybridized carbons (Fsp3) is 0.536. The zero-order chi connectivity index (χ0) is 24.4. The molecule has 7 heteroatoms. The molecule has 0 spiro atoms. The first-order valence-electron chi connectivity index (χ1n) is 13.0. The Bertz CT molecular complexity index is 1070. The fourth-order valence-electron chi connectivity index (χ4n) is 5.97. The number of nitrogens with zero attached hydrogens (tertiary/aromatic N) is 4. The Labute approximate surface area is 213 Å². The Balaban J connectivity index is 1.24. The second kappa shape index (κ2) is 10.7. The number of piperazine rings is 1. The van der Waals surface area contributed by atoms with Gasteiger partial charge in [-0.3, -0.25) is 19.5 Å². The summed E-state index contributed by atoms with van der Waals surface area (Å²) in [5.41, 5.74) is 5.03. The summed E-state index contributed by atoms with van der Waals surface area (Å²) in [5, 5.41) is 0.779. The number of carbonyl (C=O) groups is 2. The largest absolute Gasteiger partial charge is 0.343 e. The molecular formula is C28H35ClN4O2. The molecule has 0 N–H and O–H groups in total. The third-order valence-electron chi connectivity index (χ3n) is 8.01. The number of hydrogen-bond donors (Lipinski definition) is 0. The Kier molecular flexibility index (Phi) is 7.40. The number of rotatable bonds is 4. The van der Waals surface area contributed by atoms with Crippen LogP contribution >= 0.6 is 11.6 Å². The highest BCUT2D eigenvalue weighted by molar-refractivity contribution is 6.30. The molecule has 1 aliphatic carbocycles. The normalized spacial score (nSPS) is 21.3. The van der Waals surface area contributed by atoms with Crippen LogP contribution < -0.4 is 0 Å². The van der Waals surface area contributed by atoms with Crippen LogP contribution in [0.5, 0.6) is 0 Å². The number of carbonyl (C=O) groups excluding carboxylic acids is 2. The number of pyridine rings is 1. The Hall–Kier alpha value is -2.44. The van der Waals surface area contributed by atoms with Crippen molar-refractivity contribution in [1.82, 2.24) is 19.7 Å². The van der Waals surface area contributed by atoms with Gasteiger partial charge >= 0.3 is 0 Å². The summed E-state index contributed by atoms with van der Waals surface area (Å²) in [4.78, 5) is 36.3. The molecule has 3 aliphatic rings. The first-order chi connectivity index (χ1) is 17.0. The maximum Gasteiger partial charge on any atom is 0.222 e. The van der Waals surface area contributed by atoms with E-state index in [1.807, 2.05) is 35.1 Å². The molecule has 2 amide bonds. The van der Waals surface area contributed by atoms with Crippen molar-refractivity contribution in [3.63, 3.8) is 0 Å². The summed E-state index contributed by atoms with van der Waals surface area (Å²) in [6.07, 6.45) is 6.85. The third-order valence-corrected chi connectivity index (χ3v) is 8.25. The second-order valence-electron chi connectivity index (χ2n) is 10.1. The molecule has 2 aliphatic heterocycles. The van der Waals surface area contributed by atoms with E-state index in [-0.39, 0.29) is 17.9 Å². The monoisotopic (exact) mass is 494 g/mol. The minimum atomic E-state index is 0.0960. The molecule has 1 atom stereocenters. The molecule has 35 heavy (non-hydrogen) atoms. The molecule has 1 unspecified atom stereocenters. The smallest absolute Gasteiger partial charge is 0.222 e. The maximum atomic E-state index is 13.1. The minimum absolute atomic E-state index is 0.0960. The molecule has 2 saturated heterocycles. The lowest BCUT2D eigenvalue weighted by Crippen LogP contribution is -2.50. The molecule has 2 fully saturated rings. The Morgan fingerprint density at radius 1 is 0.943 bits per heavy atom. The molecule has 6 nitrogen and oxygen atoms in total. The van der Waals surface area contributed by atoms with Gasteiger partial charge in [0.05, 0.1) is 11.7 Å². The van der Waals surface area contributed by atoms with Crippen LogP contribution in [0.25, 0.3) is 0 Å². The van der Waals surface area contributed by atoms with Gasteiger partial charge in [-0.25, -0.2) is 0 Å². The van der Waals surface area contributed by atoms with Gasteiger partial charge in [-0.1, -0.05) is 30.7 Å². The second-order valence-corrected chi connectivity index (χ2v) is 10.5. The maximum absolute atomic E-state index is 13.1. The molecule has 3 heterocycles. The van der Waals surface area contributed by atoms with Crippen LogP contribution in [0, 0.1) is 5.92 Å². The van der Waals surface area contributed by atoms with Crippen molar-refractivity contribution in [2.75, 3.05) is 39.3 Å². The van der Waals surface area contributed by atoms with E-state index in [1.54, 1.807) is 0 Å². The van der Waals surface area contributed by atoms with Gasteiger partial charge in [-0.15, -0.1) is 0 Å². The molecule has 2 aromatic rings. The van der Waals surface area contributed by atoms with Gasteiger partial charge in [-0.05, 0) is 66.5 Å². The lowest BCUT2D eigenvalue weighted by Gasteiger charge is -2.40. The SMILES string of the molecule is CCC(=O)N1CCC(CC(=O)N2CCN(C3c4ccc(Cl)cc4CCc4cccnc43)CC2)CC1. The number of benzene rings is 1. The highest BCUT2D eigenvalue weighted by Gasteiger charge is 2.33. The van der Waals surface area contributed by atoms with Gasteiger partial charge in [0.25, 0.3) is 0 Å². The summed E-state index contributed by atoms with van der Waals surface area (Å²) >= 11 is 6.35. The molecule has 0 saturated carbocycles. The van der Waals surface area contributed by atoms with Crippen molar-refractivity contribution in [3.05, 3.63) is 63.9 Å². The standard InChI is InChI=1S/C28H35ClN4O2/c1-2-25(34)31-12-9-20(10-13-31)18-26(35)32-14-16-33(17-15-32)28-24-8-7-23(29)19-22(24)6-5-21-4-3-11-30-27(21)28/h3-4,7-8,11,19-20,28H,2,5-6,9-10,12-18H2,1H3. The van der Waals surface area contributed by atoms with E-state index in [0.717, 1.165) is 75.7 Å². The molecule has 5 rings (SSSR count). The van der Waals surface area contributed by atoms with Crippen LogP contribution in [0.4, 0.5) is 0 Å². The summed E-state index contributed by atoms with van der Waals surface area (Å²) in [7, 11) is 0. The number of amides is 2.